The Kier molecular flexibility index (Phi) is 4.08. The molecule has 0 radical (unpaired) electrons. The Hall–Kier alpha value is -0.0800. The summed E-state index contributed by atoms with van der Waals surface area (Å²) in [6, 6.07) is 0. The molecule has 0 aromatic rings. The van der Waals surface area contributed by atoms with Crippen molar-refractivity contribution in [2.24, 2.45) is 28.9 Å². The van der Waals surface area contributed by atoms with E-state index < -0.39 is 5.60 Å². The van der Waals surface area contributed by atoms with Crippen LogP contribution in [0.25, 0.3) is 0 Å². The van der Waals surface area contributed by atoms with Crippen molar-refractivity contribution < 1.29 is 5.11 Å². The average molecular weight is 253 g/mol. The molecule has 2 atom stereocenters. The molecule has 2 rings (SSSR count). The zero-order chi connectivity index (χ0) is 13.4. The van der Waals surface area contributed by atoms with Crippen LogP contribution in [-0.4, -0.2) is 17.3 Å². The topological polar surface area (TPSA) is 46.2 Å². The third kappa shape index (κ3) is 2.46. The molecule has 2 fully saturated rings. The number of rotatable bonds is 2. The molecule has 2 heteroatoms. The first-order valence-corrected chi connectivity index (χ1v) is 7.83. The standard InChI is InChI=1S/C16H31NO/c1-12-4-6-15(11-17,7-5-12)16(18)9-13(2)8-14(3)10-16/h12-14,18H,4-11,17H2,1-3H3. The van der Waals surface area contributed by atoms with Crippen molar-refractivity contribution in [3.05, 3.63) is 0 Å². The lowest BCUT2D eigenvalue weighted by atomic mass is 9.55. The van der Waals surface area contributed by atoms with E-state index >= 15 is 0 Å². The highest BCUT2D eigenvalue weighted by Gasteiger charge is 2.52. The second-order valence-electron chi connectivity index (χ2n) is 7.55. The smallest absolute Gasteiger partial charge is 0.0720 e. The van der Waals surface area contributed by atoms with Gasteiger partial charge in [0.1, 0.15) is 0 Å². The predicted molar refractivity (Wildman–Crippen MR) is 76.2 cm³/mol. The molecule has 2 aliphatic carbocycles. The summed E-state index contributed by atoms with van der Waals surface area (Å²) in [4.78, 5) is 0. The molecule has 0 heterocycles. The highest BCUT2D eigenvalue weighted by molar-refractivity contribution is 5.04. The fourth-order valence-corrected chi connectivity index (χ4v) is 4.70. The molecule has 0 aliphatic heterocycles. The second kappa shape index (κ2) is 5.13. The zero-order valence-electron chi connectivity index (χ0n) is 12.4. The van der Waals surface area contributed by atoms with E-state index in [1.807, 2.05) is 0 Å². The van der Waals surface area contributed by atoms with Gasteiger partial charge < -0.3 is 10.8 Å². The minimum Gasteiger partial charge on any atom is -0.389 e. The minimum atomic E-state index is -0.501. The monoisotopic (exact) mass is 253 g/mol. The van der Waals surface area contributed by atoms with Crippen LogP contribution in [0.5, 0.6) is 0 Å². The van der Waals surface area contributed by atoms with E-state index in [0.717, 1.165) is 31.6 Å². The lowest BCUT2D eigenvalue weighted by Gasteiger charge is -2.54. The molecule has 0 amide bonds. The Labute approximate surface area is 112 Å². The third-order valence-electron chi connectivity index (χ3n) is 5.79. The fourth-order valence-electron chi connectivity index (χ4n) is 4.70. The predicted octanol–water partition coefficient (Wildman–Crippen LogP) is 3.33. The first-order chi connectivity index (χ1) is 8.41. The van der Waals surface area contributed by atoms with Gasteiger partial charge in [0.15, 0.2) is 0 Å². The molecule has 0 spiro atoms. The van der Waals surface area contributed by atoms with Crippen LogP contribution < -0.4 is 5.73 Å². The van der Waals surface area contributed by atoms with Gasteiger partial charge in [-0.2, -0.15) is 0 Å². The Morgan fingerprint density at radius 2 is 1.50 bits per heavy atom. The summed E-state index contributed by atoms with van der Waals surface area (Å²) >= 11 is 0. The van der Waals surface area contributed by atoms with Gasteiger partial charge in [-0.15, -0.1) is 0 Å². The second-order valence-corrected chi connectivity index (χ2v) is 7.55. The minimum absolute atomic E-state index is 0.00243. The van der Waals surface area contributed by atoms with E-state index in [-0.39, 0.29) is 5.41 Å². The van der Waals surface area contributed by atoms with Crippen molar-refractivity contribution in [1.29, 1.82) is 0 Å². The van der Waals surface area contributed by atoms with E-state index in [2.05, 4.69) is 20.8 Å². The highest BCUT2D eigenvalue weighted by atomic mass is 16.3. The number of hydrogen-bond acceptors (Lipinski definition) is 2. The molecule has 18 heavy (non-hydrogen) atoms. The van der Waals surface area contributed by atoms with Crippen LogP contribution in [0.2, 0.25) is 0 Å². The Morgan fingerprint density at radius 1 is 1.00 bits per heavy atom. The lowest BCUT2D eigenvalue weighted by Crippen LogP contribution is -2.57. The summed E-state index contributed by atoms with van der Waals surface area (Å²) in [7, 11) is 0. The Bertz CT molecular complexity index is 271. The molecule has 2 aliphatic rings. The first kappa shape index (κ1) is 14.3. The molecule has 0 aromatic carbocycles. The SMILES string of the molecule is CC1CCC(CN)(C2(O)CC(C)CC(C)C2)CC1. The summed E-state index contributed by atoms with van der Waals surface area (Å²) in [5.41, 5.74) is 5.63. The van der Waals surface area contributed by atoms with Crippen LogP contribution in [0.4, 0.5) is 0 Å². The third-order valence-corrected chi connectivity index (χ3v) is 5.79. The zero-order valence-corrected chi connectivity index (χ0v) is 12.4. The maximum absolute atomic E-state index is 11.3. The summed E-state index contributed by atoms with van der Waals surface area (Å²) in [6.45, 7) is 7.57. The van der Waals surface area contributed by atoms with Crippen molar-refractivity contribution in [3.8, 4) is 0 Å². The van der Waals surface area contributed by atoms with E-state index in [1.54, 1.807) is 0 Å². The van der Waals surface area contributed by atoms with Gasteiger partial charge in [0.25, 0.3) is 0 Å². The first-order valence-electron chi connectivity index (χ1n) is 7.83. The van der Waals surface area contributed by atoms with Gasteiger partial charge in [-0.3, -0.25) is 0 Å². The van der Waals surface area contributed by atoms with Crippen LogP contribution in [0.15, 0.2) is 0 Å². The quantitative estimate of drug-likeness (QED) is 0.793. The molecule has 2 saturated carbocycles. The molecular formula is C16H31NO. The molecule has 0 aromatic heterocycles. The molecule has 2 nitrogen and oxygen atoms in total. The maximum atomic E-state index is 11.3. The molecule has 106 valence electrons. The summed E-state index contributed by atoms with van der Waals surface area (Å²) in [6.07, 6.45) is 7.91. The van der Waals surface area contributed by atoms with E-state index in [9.17, 15) is 5.11 Å². The van der Waals surface area contributed by atoms with Crippen molar-refractivity contribution >= 4 is 0 Å². The normalized spacial score (nSPS) is 50.2. The Morgan fingerprint density at radius 3 is 1.94 bits per heavy atom. The van der Waals surface area contributed by atoms with Crippen LogP contribution >= 0.6 is 0 Å². The number of nitrogens with two attached hydrogens (primary N) is 1. The van der Waals surface area contributed by atoms with Crippen LogP contribution in [0.1, 0.15) is 65.7 Å². The van der Waals surface area contributed by atoms with E-state index in [4.69, 9.17) is 5.73 Å². The molecular weight excluding hydrogens is 222 g/mol. The van der Waals surface area contributed by atoms with Crippen LogP contribution in [0.3, 0.4) is 0 Å². The van der Waals surface area contributed by atoms with Gasteiger partial charge in [0.05, 0.1) is 5.60 Å². The number of hydrogen-bond donors (Lipinski definition) is 2. The lowest BCUT2D eigenvalue weighted by molar-refractivity contribution is -0.145. The van der Waals surface area contributed by atoms with Crippen molar-refractivity contribution in [2.75, 3.05) is 6.54 Å². The molecule has 2 unspecified atom stereocenters. The number of aliphatic hydroxyl groups is 1. The molecule has 0 bridgehead atoms. The summed E-state index contributed by atoms with van der Waals surface area (Å²) < 4.78 is 0. The van der Waals surface area contributed by atoms with Gasteiger partial charge >= 0.3 is 0 Å². The van der Waals surface area contributed by atoms with Crippen molar-refractivity contribution in [1.82, 2.24) is 0 Å². The fraction of sp³-hybridized carbons (Fsp3) is 1.00. The van der Waals surface area contributed by atoms with Gasteiger partial charge in [0.2, 0.25) is 0 Å². The van der Waals surface area contributed by atoms with Gasteiger partial charge in [0, 0.05) is 12.0 Å². The van der Waals surface area contributed by atoms with Crippen LogP contribution in [0, 0.1) is 23.2 Å². The van der Waals surface area contributed by atoms with Gasteiger partial charge in [-0.25, -0.2) is 0 Å². The Balaban J connectivity index is 2.19. The summed E-state index contributed by atoms with van der Waals surface area (Å²) in [5.74, 6) is 2.09. The summed E-state index contributed by atoms with van der Waals surface area (Å²) in [5, 5.41) is 11.3. The average Bonchev–Trinajstić information content (AvgIpc) is 2.28. The molecule has 0 saturated heterocycles. The largest absolute Gasteiger partial charge is 0.389 e. The maximum Gasteiger partial charge on any atom is 0.0720 e. The van der Waals surface area contributed by atoms with E-state index in [0.29, 0.717) is 18.4 Å². The van der Waals surface area contributed by atoms with Crippen molar-refractivity contribution in [2.45, 2.75) is 71.3 Å². The van der Waals surface area contributed by atoms with E-state index in [1.165, 1.54) is 19.3 Å². The molecule has 3 N–H and O–H groups in total. The van der Waals surface area contributed by atoms with Gasteiger partial charge in [-0.05, 0) is 49.9 Å². The van der Waals surface area contributed by atoms with Crippen LogP contribution in [-0.2, 0) is 0 Å². The van der Waals surface area contributed by atoms with Gasteiger partial charge in [-0.1, -0.05) is 33.6 Å². The van der Waals surface area contributed by atoms with Crippen molar-refractivity contribution in [3.63, 3.8) is 0 Å². The highest BCUT2D eigenvalue weighted by Crippen LogP contribution is 2.53.